The van der Waals surface area contributed by atoms with Gasteiger partial charge in [0.1, 0.15) is 5.82 Å². The van der Waals surface area contributed by atoms with Gasteiger partial charge >= 0.3 is 0 Å². The molecule has 0 atom stereocenters. The van der Waals surface area contributed by atoms with Crippen LogP contribution in [0.3, 0.4) is 0 Å². The summed E-state index contributed by atoms with van der Waals surface area (Å²) in [6, 6.07) is 22.0. The molecule has 3 aromatic carbocycles. The van der Waals surface area contributed by atoms with Crippen LogP contribution in [0.2, 0.25) is 0 Å². The second-order valence-corrected chi connectivity index (χ2v) is 8.52. The van der Waals surface area contributed by atoms with E-state index in [2.05, 4.69) is 57.5 Å². The predicted molar refractivity (Wildman–Crippen MR) is 131 cm³/mol. The smallest absolute Gasteiger partial charge is 0.126 e. The highest BCUT2D eigenvalue weighted by molar-refractivity contribution is 5.95. The summed E-state index contributed by atoms with van der Waals surface area (Å²) in [7, 11) is 2.17. The van der Waals surface area contributed by atoms with Gasteiger partial charge < -0.3 is 15.1 Å². The Labute approximate surface area is 188 Å². The molecule has 4 aromatic rings. The van der Waals surface area contributed by atoms with Gasteiger partial charge in [0, 0.05) is 54.8 Å². The monoisotopic (exact) mass is 426 g/mol. The molecule has 5 heteroatoms. The van der Waals surface area contributed by atoms with Crippen molar-refractivity contribution in [3.05, 3.63) is 84.3 Å². The van der Waals surface area contributed by atoms with Crippen molar-refractivity contribution >= 4 is 28.0 Å². The normalized spacial score (nSPS) is 14.7. The van der Waals surface area contributed by atoms with Crippen molar-refractivity contribution in [1.82, 2.24) is 9.88 Å². The quantitative estimate of drug-likeness (QED) is 0.444. The standard InChI is InChI=1S/C27H27FN4/c1-19-17-20(3-9-25(19)28)21-4-10-26-24(18-21)27(11-12-29-26)30-22-5-7-23(8-6-22)32-15-13-31(2)14-16-32/h3-12,17-18H,13-16H2,1-2H3,(H,29,30). The molecule has 1 fully saturated rings. The van der Waals surface area contributed by atoms with Crippen molar-refractivity contribution < 1.29 is 4.39 Å². The number of pyridine rings is 1. The Morgan fingerprint density at radius 3 is 2.31 bits per heavy atom. The number of anilines is 3. The van der Waals surface area contributed by atoms with Crippen LogP contribution in [0.1, 0.15) is 5.56 Å². The molecular weight excluding hydrogens is 399 g/mol. The van der Waals surface area contributed by atoms with E-state index in [1.54, 1.807) is 6.92 Å². The molecule has 0 amide bonds. The first kappa shape index (κ1) is 20.5. The van der Waals surface area contributed by atoms with Crippen molar-refractivity contribution in [3.63, 3.8) is 0 Å². The van der Waals surface area contributed by atoms with Gasteiger partial charge in [-0.25, -0.2) is 4.39 Å². The van der Waals surface area contributed by atoms with Gasteiger partial charge in [-0.1, -0.05) is 12.1 Å². The van der Waals surface area contributed by atoms with Gasteiger partial charge in [-0.2, -0.15) is 0 Å². The second-order valence-electron chi connectivity index (χ2n) is 8.52. The summed E-state index contributed by atoms with van der Waals surface area (Å²) in [5.41, 5.74) is 6.91. The van der Waals surface area contributed by atoms with E-state index in [1.165, 1.54) is 11.8 Å². The molecule has 0 unspecified atom stereocenters. The average molecular weight is 427 g/mol. The predicted octanol–water partition coefficient (Wildman–Crippen LogP) is 5.84. The number of piperazine rings is 1. The number of halogens is 1. The zero-order valence-electron chi connectivity index (χ0n) is 18.5. The minimum atomic E-state index is -0.182. The topological polar surface area (TPSA) is 31.4 Å². The number of benzene rings is 3. The van der Waals surface area contributed by atoms with Crippen molar-refractivity contribution in [3.8, 4) is 11.1 Å². The zero-order valence-corrected chi connectivity index (χ0v) is 18.5. The summed E-state index contributed by atoms with van der Waals surface area (Å²) in [4.78, 5) is 9.32. The number of aromatic nitrogens is 1. The molecule has 0 saturated carbocycles. The number of hydrogen-bond acceptors (Lipinski definition) is 4. The molecule has 32 heavy (non-hydrogen) atoms. The fourth-order valence-corrected chi connectivity index (χ4v) is 4.23. The number of likely N-dealkylation sites (N-methyl/N-ethyl adjacent to an activating group) is 1. The molecule has 162 valence electrons. The van der Waals surface area contributed by atoms with Gasteiger partial charge in [-0.3, -0.25) is 4.98 Å². The lowest BCUT2D eigenvalue weighted by Gasteiger charge is -2.34. The molecular formula is C27H27FN4. The fourth-order valence-electron chi connectivity index (χ4n) is 4.23. The van der Waals surface area contributed by atoms with Crippen LogP contribution in [-0.4, -0.2) is 43.1 Å². The molecule has 0 radical (unpaired) electrons. The first-order chi connectivity index (χ1) is 15.6. The average Bonchev–Trinajstić information content (AvgIpc) is 2.82. The Morgan fingerprint density at radius 2 is 1.56 bits per heavy atom. The Bertz CT molecular complexity index is 1240. The first-order valence-electron chi connectivity index (χ1n) is 11.0. The molecule has 2 heterocycles. The van der Waals surface area contributed by atoms with Crippen molar-refractivity contribution in [2.75, 3.05) is 43.4 Å². The molecule has 1 aliphatic heterocycles. The highest BCUT2D eigenvalue weighted by Crippen LogP contribution is 2.31. The molecule has 0 bridgehead atoms. The van der Waals surface area contributed by atoms with Crippen LogP contribution in [-0.2, 0) is 0 Å². The Kier molecular flexibility index (Phi) is 5.50. The SMILES string of the molecule is Cc1cc(-c2ccc3nccc(Nc4ccc(N5CCN(C)CC5)cc4)c3c2)ccc1F. The van der Waals surface area contributed by atoms with Gasteiger partial charge in [0.2, 0.25) is 0 Å². The van der Waals surface area contributed by atoms with E-state index in [0.29, 0.717) is 5.56 Å². The zero-order chi connectivity index (χ0) is 22.1. The van der Waals surface area contributed by atoms with Crippen molar-refractivity contribution in [2.45, 2.75) is 6.92 Å². The lowest BCUT2D eigenvalue weighted by Crippen LogP contribution is -2.44. The Hall–Kier alpha value is -3.44. The number of nitrogens with one attached hydrogen (secondary N) is 1. The first-order valence-corrected chi connectivity index (χ1v) is 11.0. The summed E-state index contributed by atoms with van der Waals surface area (Å²) in [6.45, 7) is 6.10. The molecule has 1 saturated heterocycles. The van der Waals surface area contributed by atoms with Gasteiger partial charge in [-0.05, 0) is 85.3 Å². The number of nitrogens with zero attached hydrogens (tertiary/aromatic N) is 3. The summed E-state index contributed by atoms with van der Waals surface area (Å²) in [6.07, 6.45) is 1.82. The molecule has 5 rings (SSSR count). The Balaban J connectivity index is 1.42. The van der Waals surface area contributed by atoms with E-state index in [0.717, 1.165) is 59.6 Å². The number of rotatable bonds is 4. The van der Waals surface area contributed by atoms with Crippen LogP contribution in [0.15, 0.2) is 72.9 Å². The van der Waals surface area contributed by atoms with Crippen LogP contribution < -0.4 is 10.2 Å². The fraction of sp³-hybridized carbons (Fsp3) is 0.222. The number of fused-ring (bicyclic) bond motifs is 1. The van der Waals surface area contributed by atoms with Crippen LogP contribution in [0.4, 0.5) is 21.5 Å². The van der Waals surface area contributed by atoms with Crippen LogP contribution in [0.5, 0.6) is 0 Å². The third-order valence-electron chi connectivity index (χ3n) is 6.25. The van der Waals surface area contributed by atoms with E-state index in [9.17, 15) is 4.39 Å². The van der Waals surface area contributed by atoms with Crippen LogP contribution >= 0.6 is 0 Å². The van der Waals surface area contributed by atoms with Gasteiger partial charge in [0.25, 0.3) is 0 Å². The molecule has 0 aliphatic carbocycles. The minimum Gasteiger partial charge on any atom is -0.369 e. The van der Waals surface area contributed by atoms with E-state index >= 15 is 0 Å². The van der Waals surface area contributed by atoms with Gasteiger partial charge in [-0.15, -0.1) is 0 Å². The van der Waals surface area contributed by atoms with Crippen molar-refractivity contribution in [2.24, 2.45) is 0 Å². The van der Waals surface area contributed by atoms with E-state index in [1.807, 2.05) is 36.5 Å². The number of aryl methyl sites for hydroxylation is 1. The van der Waals surface area contributed by atoms with E-state index in [-0.39, 0.29) is 5.82 Å². The third-order valence-corrected chi connectivity index (χ3v) is 6.25. The highest BCUT2D eigenvalue weighted by atomic mass is 19.1. The summed E-state index contributed by atoms with van der Waals surface area (Å²) < 4.78 is 13.7. The lowest BCUT2D eigenvalue weighted by atomic mass is 10.0. The maximum Gasteiger partial charge on any atom is 0.126 e. The lowest BCUT2D eigenvalue weighted by molar-refractivity contribution is 0.313. The molecule has 1 aromatic heterocycles. The molecule has 4 nitrogen and oxygen atoms in total. The molecule has 1 aliphatic rings. The minimum absolute atomic E-state index is 0.182. The summed E-state index contributed by atoms with van der Waals surface area (Å²) >= 11 is 0. The molecule has 0 spiro atoms. The second kappa shape index (κ2) is 8.60. The van der Waals surface area contributed by atoms with E-state index < -0.39 is 0 Å². The maximum absolute atomic E-state index is 13.7. The summed E-state index contributed by atoms with van der Waals surface area (Å²) in [5, 5.41) is 4.59. The third kappa shape index (κ3) is 4.16. The van der Waals surface area contributed by atoms with E-state index in [4.69, 9.17) is 0 Å². The van der Waals surface area contributed by atoms with Crippen LogP contribution in [0, 0.1) is 12.7 Å². The highest BCUT2D eigenvalue weighted by Gasteiger charge is 2.14. The van der Waals surface area contributed by atoms with Crippen molar-refractivity contribution in [1.29, 1.82) is 0 Å². The Morgan fingerprint density at radius 1 is 0.844 bits per heavy atom. The van der Waals surface area contributed by atoms with Gasteiger partial charge in [0.05, 0.1) is 5.52 Å². The summed E-state index contributed by atoms with van der Waals surface area (Å²) in [5.74, 6) is -0.182. The van der Waals surface area contributed by atoms with Crippen LogP contribution in [0.25, 0.3) is 22.0 Å². The maximum atomic E-state index is 13.7. The van der Waals surface area contributed by atoms with Gasteiger partial charge in [0.15, 0.2) is 0 Å². The largest absolute Gasteiger partial charge is 0.369 e. The number of hydrogen-bond donors (Lipinski definition) is 1. The molecule has 1 N–H and O–H groups in total.